The maximum Gasteiger partial charge on any atom is 0.390 e. The Kier molecular flexibility index (Phi) is 5.92. The van der Waals surface area contributed by atoms with Crippen LogP contribution in [0, 0.1) is 6.92 Å². The molecule has 1 saturated carbocycles. The normalized spacial score (nSPS) is 13.7. The Labute approximate surface area is 200 Å². The van der Waals surface area contributed by atoms with Crippen LogP contribution < -0.4 is 10.6 Å². The van der Waals surface area contributed by atoms with Crippen LogP contribution in [-0.4, -0.2) is 39.2 Å². The Morgan fingerprint density at radius 1 is 1.09 bits per heavy atom. The van der Waals surface area contributed by atoms with Gasteiger partial charge in [0.15, 0.2) is 0 Å². The number of fused-ring (bicyclic) bond motifs is 1. The fraction of sp³-hybridized carbons (Fsp3) is 0.269. The summed E-state index contributed by atoms with van der Waals surface area (Å²) in [6.07, 6.45) is 1.82. The van der Waals surface area contributed by atoms with E-state index in [0.29, 0.717) is 16.8 Å². The number of carbonyl (C=O) groups excluding carboxylic acids is 1. The molecule has 0 bridgehead atoms. The zero-order valence-corrected chi connectivity index (χ0v) is 19.1. The molecule has 5 rings (SSSR count). The van der Waals surface area contributed by atoms with Gasteiger partial charge < -0.3 is 10.6 Å². The molecule has 180 valence electrons. The molecule has 2 heterocycles. The summed E-state index contributed by atoms with van der Waals surface area (Å²) >= 11 is 0. The number of alkyl halides is 3. The van der Waals surface area contributed by atoms with Crippen LogP contribution in [0.5, 0.6) is 0 Å². The van der Waals surface area contributed by atoms with E-state index in [4.69, 9.17) is 0 Å². The van der Waals surface area contributed by atoms with Gasteiger partial charge in [-0.3, -0.25) is 14.3 Å². The summed E-state index contributed by atoms with van der Waals surface area (Å²) in [7, 11) is 0. The molecule has 1 fully saturated rings. The number of nitrogens with zero attached hydrogens (tertiary/aromatic N) is 3. The molecule has 2 N–H and O–H groups in total. The number of aromatic nitrogens is 3. The first-order valence-corrected chi connectivity index (χ1v) is 11.4. The molecule has 9 heteroatoms. The number of rotatable bonds is 7. The summed E-state index contributed by atoms with van der Waals surface area (Å²) in [6, 6.07) is 13.3. The third kappa shape index (κ3) is 5.13. The molecule has 0 radical (unpaired) electrons. The summed E-state index contributed by atoms with van der Waals surface area (Å²) in [5.41, 5.74) is 5.80. The molecule has 0 saturated heterocycles. The maximum atomic E-state index is 12.7. The highest BCUT2D eigenvalue weighted by molar-refractivity contribution is 5.97. The molecule has 2 aromatic heterocycles. The number of imidazole rings is 1. The minimum absolute atomic E-state index is 0.0804. The molecular weight excluding hydrogens is 455 g/mol. The van der Waals surface area contributed by atoms with Gasteiger partial charge in [-0.05, 0) is 78.9 Å². The van der Waals surface area contributed by atoms with Gasteiger partial charge in [-0.25, -0.2) is 4.98 Å². The lowest BCUT2D eigenvalue weighted by atomic mass is 10.0. The van der Waals surface area contributed by atoms with Gasteiger partial charge in [0.2, 0.25) is 0 Å². The van der Waals surface area contributed by atoms with E-state index in [0.717, 1.165) is 40.7 Å². The van der Waals surface area contributed by atoms with Crippen molar-refractivity contribution < 1.29 is 18.0 Å². The van der Waals surface area contributed by atoms with Crippen LogP contribution in [0.1, 0.15) is 35.2 Å². The summed E-state index contributed by atoms with van der Waals surface area (Å²) in [6.45, 7) is 1.63. The van der Waals surface area contributed by atoms with Gasteiger partial charge in [-0.15, -0.1) is 0 Å². The van der Waals surface area contributed by atoms with Gasteiger partial charge >= 0.3 is 6.18 Å². The molecule has 1 amide bonds. The number of aryl methyl sites for hydroxylation is 1. The van der Waals surface area contributed by atoms with Crippen molar-refractivity contribution >= 4 is 22.6 Å². The number of pyridine rings is 1. The van der Waals surface area contributed by atoms with Crippen molar-refractivity contribution in [3.8, 4) is 16.8 Å². The van der Waals surface area contributed by atoms with Crippen molar-refractivity contribution in [2.75, 3.05) is 11.9 Å². The van der Waals surface area contributed by atoms with Crippen molar-refractivity contribution in [2.24, 2.45) is 0 Å². The number of benzene rings is 2. The third-order valence-corrected chi connectivity index (χ3v) is 6.03. The molecule has 35 heavy (non-hydrogen) atoms. The second-order valence-corrected chi connectivity index (χ2v) is 8.78. The molecule has 0 unspecified atom stereocenters. The fourth-order valence-electron chi connectivity index (χ4n) is 4.05. The number of carbonyl (C=O) groups is 1. The molecule has 4 aromatic rings. The first-order valence-electron chi connectivity index (χ1n) is 11.4. The van der Waals surface area contributed by atoms with Crippen LogP contribution in [0.15, 0.2) is 61.2 Å². The molecule has 1 aliphatic carbocycles. The Morgan fingerprint density at radius 3 is 2.54 bits per heavy atom. The molecule has 6 nitrogen and oxygen atoms in total. The average Bonchev–Trinajstić information content (AvgIpc) is 3.53. The lowest BCUT2D eigenvalue weighted by molar-refractivity contribution is -0.131. The van der Waals surface area contributed by atoms with Crippen molar-refractivity contribution in [2.45, 2.75) is 38.4 Å². The second-order valence-electron chi connectivity index (χ2n) is 8.78. The number of halogens is 3. The van der Waals surface area contributed by atoms with Gasteiger partial charge in [0.05, 0.1) is 17.6 Å². The summed E-state index contributed by atoms with van der Waals surface area (Å²) in [5.74, 6) is -0.0804. The highest BCUT2D eigenvalue weighted by Gasteiger charge is 2.27. The number of hydrogen-bond donors (Lipinski definition) is 2. The van der Waals surface area contributed by atoms with Crippen molar-refractivity contribution in [1.82, 2.24) is 19.9 Å². The lowest BCUT2D eigenvalue weighted by Crippen LogP contribution is -2.26. The van der Waals surface area contributed by atoms with Crippen molar-refractivity contribution in [3.05, 3.63) is 72.3 Å². The maximum absolute atomic E-state index is 12.7. The van der Waals surface area contributed by atoms with E-state index in [2.05, 4.69) is 20.6 Å². The Morgan fingerprint density at radius 2 is 1.86 bits per heavy atom. The Bertz CT molecular complexity index is 1380. The monoisotopic (exact) mass is 479 g/mol. The largest absolute Gasteiger partial charge is 0.390 e. The van der Waals surface area contributed by atoms with E-state index in [1.807, 2.05) is 47.9 Å². The summed E-state index contributed by atoms with van der Waals surface area (Å²) in [5, 5.41) is 5.92. The van der Waals surface area contributed by atoms with E-state index in [1.165, 1.54) is 0 Å². The Hall–Kier alpha value is -3.88. The van der Waals surface area contributed by atoms with Crippen LogP contribution in [0.4, 0.5) is 18.9 Å². The predicted molar refractivity (Wildman–Crippen MR) is 129 cm³/mol. The summed E-state index contributed by atoms with van der Waals surface area (Å²) in [4.78, 5) is 21.1. The van der Waals surface area contributed by atoms with Crippen LogP contribution in [0.3, 0.4) is 0 Å². The zero-order valence-electron chi connectivity index (χ0n) is 19.1. The van der Waals surface area contributed by atoms with Crippen LogP contribution in [-0.2, 0) is 0 Å². The molecule has 2 aromatic carbocycles. The SMILES string of the molecule is Cc1cc(-n2cnc3c(NCCC(F)(F)F)cc(-c4ccncc4)cc32)ccc1C(=O)NC1CC1. The summed E-state index contributed by atoms with van der Waals surface area (Å²) < 4.78 is 40.1. The minimum atomic E-state index is -4.25. The van der Waals surface area contributed by atoms with Gasteiger partial charge in [0.1, 0.15) is 11.8 Å². The van der Waals surface area contributed by atoms with Crippen molar-refractivity contribution in [3.63, 3.8) is 0 Å². The standard InChI is InChI=1S/C26H24F3N5O/c1-16-12-20(4-5-21(16)25(35)33-19-2-3-19)34-15-32-24-22(31-11-8-26(27,28)29)13-18(14-23(24)34)17-6-9-30-10-7-17/h4-7,9-10,12-15,19,31H,2-3,8,11H2,1H3,(H,33,35). The molecule has 0 aliphatic heterocycles. The predicted octanol–water partition coefficient (Wildman–Crippen LogP) is 5.65. The van der Waals surface area contributed by atoms with Crippen molar-refractivity contribution in [1.29, 1.82) is 0 Å². The molecule has 1 aliphatic rings. The van der Waals surface area contributed by atoms with Crippen LogP contribution in [0.25, 0.3) is 27.8 Å². The van der Waals surface area contributed by atoms with Gasteiger partial charge in [0.25, 0.3) is 5.91 Å². The number of nitrogens with one attached hydrogen (secondary N) is 2. The van der Waals surface area contributed by atoms with E-state index in [1.54, 1.807) is 24.8 Å². The first-order chi connectivity index (χ1) is 16.8. The zero-order chi connectivity index (χ0) is 24.6. The molecule has 0 atom stereocenters. The number of amides is 1. The van der Waals surface area contributed by atoms with Crippen LogP contribution in [0.2, 0.25) is 0 Å². The van der Waals surface area contributed by atoms with E-state index in [-0.39, 0.29) is 18.5 Å². The van der Waals surface area contributed by atoms with Gasteiger partial charge in [-0.2, -0.15) is 13.2 Å². The highest BCUT2D eigenvalue weighted by atomic mass is 19.4. The fourth-order valence-corrected chi connectivity index (χ4v) is 4.05. The second kappa shape index (κ2) is 9.05. The minimum Gasteiger partial charge on any atom is -0.383 e. The molecule has 0 spiro atoms. The third-order valence-electron chi connectivity index (χ3n) is 6.03. The topological polar surface area (TPSA) is 71.8 Å². The van der Waals surface area contributed by atoms with E-state index >= 15 is 0 Å². The highest BCUT2D eigenvalue weighted by Crippen LogP contribution is 2.32. The van der Waals surface area contributed by atoms with E-state index in [9.17, 15) is 18.0 Å². The lowest BCUT2D eigenvalue weighted by Gasteiger charge is -2.13. The van der Waals surface area contributed by atoms with Gasteiger partial charge in [0, 0.05) is 36.2 Å². The van der Waals surface area contributed by atoms with Gasteiger partial charge in [-0.1, -0.05) is 0 Å². The van der Waals surface area contributed by atoms with E-state index < -0.39 is 12.6 Å². The first kappa shape index (κ1) is 22.9. The van der Waals surface area contributed by atoms with Crippen LogP contribution >= 0.6 is 0 Å². The molecular formula is C26H24F3N5O. The smallest absolute Gasteiger partial charge is 0.383 e. The Balaban J connectivity index is 1.54. The number of anilines is 1. The quantitative estimate of drug-likeness (QED) is 0.359. The number of hydrogen-bond acceptors (Lipinski definition) is 4. The average molecular weight is 480 g/mol.